The highest BCUT2D eigenvalue weighted by Crippen LogP contribution is 2.30. The first-order valence-corrected chi connectivity index (χ1v) is 12.3. The number of hydrogen-bond acceptors (Lipinski definition) is 8. The lowest BCUT2D eigenvalue weighted by atomic mass is 10.0. The van der Waals surface area contributed by atoms with Crippen molar-refractivity contribution in [3.8, 4) is 5.75 Å². The van der Waals surface area contributed by atoms with Gasteiger partial charge in [0.25, 0.3) is 5.91 Å². The van der Waals surface area contributed by atoms with Crippen molar-refractivity contribution in [2.24, 2.45) is 4.99 Å². The van der Waals surface area contributed by atoms with Gasteiger partial charge in [0.2, 0.25) is 5.91 Å². The van der Waals surface area contributed by atoms with Crippen molar-refractivity contribution in [3.05, 3.63) is 52.7 Å². The van der Waals surface area contributed by atoms with E-state index in [0.29, 0.717) is 22.5 Å². The number of carbonyl (C=O) groups excluding carboxylic acids is 2. The quantitative estimate of drug-likeness (QED) is 0.204. The van der Waals surface area contributed by atoms with Crippen molar-refractivity contribution in [1.29, 1.82) is 0 Å². The van der Waals surface area contributed by atoms with Crippen LogP contribution in [0.5, 0.6) is 5.75 Å². The summed E-state index contributed by atoms with van der Waals surface area (Å²) in [7, 11) is 0. The number of nitrogens with one attached hydrogen (secondary N) is 5. The Hall–Kier alpha value is -4.60. The van der Waals surface area contributed by atoms with Crippen LogP contribution in [-0.4, -0.2) is 71.2 Å². The Kier molecular flexibility index (Phi) is 8.80. The smallest absolute Gasteiger partial charge is 0.481 e. The second kappa shape index (κ2) is 12.3. The van der Waals surface area contributed by atoms with Crippen LogP contribution < -0.4 is 26.0 Å². The molecule has 3 aromatic rings. The highest BCUT2D eigenvalue weighted by atomic mass is 35.5. The fourth-order valence-electron chi connectivity index (χ4n) is 3.93. The summed E-state index contributed by atoms with van der Waals surface area (Å²) in [5.74, 6) is -3.27. The van der Waals surface area contributed by atoms with E-state index in [2.05, 4.69) is 41.2 Å². The average molecular weight is 600 g/mol. The second-order valence-electron chi connectivity index (χ2n) is 8.82. The summed E-state index contributed by atoms with van der Waals surface area (Å²) in [4.78, 5) is 40.9. The normalized spacial score (nSPS) is 15.8. The minimum Gasteiger partial charge on any atom is -0.481 e. The predicted molar refractivity (Wildman–Crippen MR) is 139 cm³/mol. The lowest BCUT2D eigenvalue weighted by molar-refractivity contribution is -0.274. The number of anilines is 1. The Morgan fingerprint density at radius 1 is 1.20 bits per heavy atom. The Balaban J connectivity index is 1.45. The summed E-state index contributed by atoms with van der Waals surface area (Å²) in [6, 6.07) is 4.63. The monoisotopic (exact) mass is 599 g/mol. The molecule has 17 heteroatoms. The van der Waals surface area contributed by atoms with Crippen molar-refractivity contribution >= 4 is 51.9 Å². The fraction of sp³-hybridized carbons (Fsp3) is 0.292. The molecule has 1 unspecified atom stereocenters. The topological polar surface area (TPSA) is 170 Å². The summed E-state index contributed by atoms with van der Waals surface area (Å²) >= 11 is 5.88. The lowest BCUT2D eigenvalue weighted by Crippen LogP contribution is -2.41. The van der Waals surface area contributed by atoms with Crippen LogP contribution in [0.15, 0.2) is 41.5 Å². The van der Waals surface area contributed by atoms with Crippen LogP contribution in [0.3, 0.4) is 0 Å². The number of amides is 2. The van der Waals surface area contributed by atoms with Crippen molar-refractivity contribution < 1.29 is 41.8 Å². The number of H-pyrrole nitrogens is 1. The number of alkyl halides is 4. The number of aromatic nitrogens is 2. The zero-order chi connectivity index (χ0) is 29.7. The third-order valence-electron chi connectivity index (χ3n) is 5.67. The number of aliphatic carboxylic acids is 1. The van der Waals surface area contributed by atoms with Crippen molar-refractivity contribution in [2.45, 2.75) is 25.0 Å². The summed E-state index contributed by atoms with van der Waals surface area (Å²) in [5, 5.41) is 26.9. The van der Waals surface area contributed by atoms with Gasteiger partial charge in [-0.2, -0.15) is 5.10 Å². The number of halogens is 5. The van der Waals surface area contributed by atoms with E-state index in [1.165, 1.54) is 24.4 Å². The summed E-state index contributed by atoms with van der Waals surface area (Å²) in [6.45, 7) is -0.574. The molecule has 0 saturated carbocycles. The fourth-order valence-corrected chi connectivity index (χ4v) is 4.16. The van der Waals surface area contributed by atoms with Crippen LogP contribution in [-0.2, 0) is 9.59 Å². The predicted octanol–water partition coefficient (Wildman–Crippen LogP) is 2.89. The molecule has 0 bridgehead atoms. The van der Waals surface area contributed by atoms with Crippen molar-refractivity contribution in [3.63, 3.8) is 0 Å². The molecule has 4 rings (SSSR count). The number of hydrogen-bond donors (Lipinski definition) is 6. The van der Waals surface area contributed by atoms with Gasteiger partial charge in [-0.3, -0.25) is 19.5 Å². The molecule has 218 valence electrons. The van der Waals surface area contributed by atoms with E-state index in [4.69, 9.17) is 11.6 Å². The number of benzene rings is 2. The highest BCUT2D eigenvalue weighted by molar-refractivity contribution is 6.30. The summed E-state index contributed by atoms with van der Waals surface area (Å²) in [6.07, 6.45) is -5.33. The van der Waals surface area contributed by atoms with Gasteiger partial charge in [0, 0.05) is 16.0 Å². The van der Waals surface area contributed by atoms with Gasteiger partial charge in [0.1, 0.15) is 11.9 Å². The number of aliphatic imine (C=N–C) groups is 1. The molecule has 0 saturated heterocycles. The highest BCUT2D eigenvalue weighted by Gasteiger charge is 2.32. The van der Waals surface area contributed by atoms with E-state index in [1.807, 2.05) is 0 Å². The molecule has 6 N–H and O–H groups in total. The van der Waals surface area contributed by atoms with Crippen LogP contribution in [0, 0.1) is 0 Å². The number of guanidine groups is 1. The van der Waals surface area contributed by atoms with E-state index in [1.54, 1.807) is 0 Å². The number of nitrogens with zero attached hydrogens (tertiary/aromatic N) is 2. The molecule has 1 aliphatic rings. The molecule has 2 atom stereocenters. The lowest BCUT2D eigenvalue weighted by Gasteiger charge is -2.20. The van der Waals surface area contributed by atoms with Crippen molar-refractivity contribution in [2.75, 3.05) is 25.0 Å². The number of aromatic amines is 1. The number of ether oxygens (including phenoxy) is 1. The number of fused-ring (bicyclic) bond motifs is 1. The first-order valence-electron chi connectivity index (χ1n) is 11.9. The number of carboxylic acids is 1. The van der Waals surface area contributed by atoms with E-state index in [9.17, 15) is 37.1 Å². The molecule has 0 radical (unpaired) electrons. The summed E-state index contributed by atoms with van der Waals surface area (Å²) < 4.78 is 55.2. The average Bonchev–Trinajstić information content (AvgIpc) is 3.36. The Morgan fingerprint density at radius 2 is 1.98 bits per heavy atom. The van der Waals surface area contributed by atoms with Crippen LogP contribution in [0.2, 0.25) is 5.02 Å². The van der Waals surface area contributed by atoms with Gasteiger partial charge in [-0.25, -0.2) is 9.38 Å². The molecule has 1 aromatic heterocycles. The van der Waals surface area contributed by atoms with Crippen LogP contribution >= 0.6 is 11.6 Å². The van der Waals surface area contributed by atoms with E-state index in [0.717, 1.165) is 12.1 Å². The van der Waals surface area contributed by atoms with Gasteiger partial charge in [0.05, 0.1) is 49.5 Å². The van der Waals surface area contributed by atoms with E-state index >= 15 is 0 Å². The van der Waals surface area contributed by atoms with Gasteiger partial charge in [-0.05, 0) is 35.9 Å². The molecule has 0 fully saturated rings. The molecule has 1 aliphatic heterocycles. The Morgan fingerprint density at radius 3 is 2.66 bits per heavy atom. The van der Waals surface area contributed by atoms with Gasteiger partial charge < -0.3 is 31.1 Å². The molecule has 0 aliphatic carbocycles. The zero-order valence-corrected chi connectivity index (χ0v) is 21.6. The van der Waals surface area contributed by atoms with Crippen molar-refractivity contribution in [1.82, 2.24) is 26.1 Å². The number of carbonyl (C=O) groups is 3. The van der Waals surface area contributed by atoms with Gasteiger partial charge >= 0.3 is 12.3 Å². The van der Waals surface area contributed by atoms with Crippen LogP contribution in [0.4, 0.5) is 23.2 Å². The molecule has 12 nitrogen and oxygen atoms in total. The van der Waals surface area contributed by atoms with Gasteiger partial charge in [-0.15, -0.1) is 13.2 Å². The third-order valence-corrected chi connectivity index (χ3v) is 5.88. The molecule has 2 heterocycles. The maximum Gasteiger partial charge on any atom is 0.573 e. The maximum atomic E-state index is 13.4. The molecule has 2 amide bonds. The van der Waals surface area contributed by atoms with Gasteiger partial charge in [0.15, 0.2) is 5.96 Å². The standard InChI is InChI=1S/C24H22ClF4N7O5/c25-13-1-11(2-15(5-13)41-24(27,28)29)17(6-21(38)39)34-20(37)10-30-22(40)12-3-18(16-9-33-36-19(16)4-12)35-23-31-7-14(26)8-32-23/h1-5,9,14,17H,6-8,10H2,(H,30,40)(H,33,36)(H,34,37)(H,38,39)(H2,31,32,35)/t17-/m0/s1. The second-order valence-corrected chi connectivity index (χ2v) is 9.25. The van der Waals surface area contributed by atoms with Gasteiger partial charge in [-0.1, -0.05) is 11.6 Å². The number of carboxylic acid groups (broad SMARTS) is 1. The largest absolute Gasteiger partial charge is 0.573 e. The molecular weight excluding hydrogens is 578 g/mol. The van der Waals surface area contributed by atoms with E-state index in [-0.39, 0.29) is 29.2 Å². The SMILES string of the molecule is O=C(O)C[C@H](NC(=O)CNC(=O)c1cc(NC2=NCC(F)CN2)c2cn[nH]c2c1)c1cc(Cl)cc(OC(F)(F)F)c1. The molecule has 2 aromatic carbocycles. The Labute approximate surface area is 233 Å². The first kappa shape index (κ1) is 29.4. The van der Waals surface area contributed by atoms with Crippen LogP contribution in [0.1, 0.15) is 28.4 Å². The minimum absolute atomic E-state index is 0.0339. The minimum atomic E-state index is -5.02. The Bertz CT molecular complexity index is 1500. The summed E-state index contributed by atoms with van der Waals surface area (Å²) in [5.41, 5.74) is 0.956. The third kappa shape index (κ3) is 8.20. The first-order chi connectivity index (χ1) is 19.4. The maximum absolute atomic E-state index is 13.4. The number of rotatable bonds is 9. The molecular formula is C24H22ClF4N7O5. The van der Waals surface area contributed by atoms with Crippen LogP contribution in [0.25, 0.3) is 10.9 Å². The van der Waals surface area contributed by atoms with E-state index < -0.39 is 55.1 Å². The molecule has 0 spiro atoms. The molecule has 41 heavy (non-hydrogen) atoms. The zero-order valence-electron chi connectivity index (χ0n) is 20.8.